The molecule has 1 aliphatic rings. The van der Waals surface area contributed by atoms with E-state index in [4.69, 9.17) is 0 Å². The first kappa shape index (κ1) is 6.09. The molecular formula is C7H9Br. The minimum atomic E-state index is 0.733. The van der Waals surface area contributed by atoms with Gasteiger partial charge in [-0.1, -0.05) is 41.1 Å². The van der Waals surface area contributed by atoms with Crippen molar-refractivity contribution >= 4 is 15.9 Å². The topological polar surface area (TPSA) is 0 Å². The van der Waals surface area contributed by atoms with Gasteiger partial charge in [0.2, 0.25) is 0 Å². The van der Waals surface area contributed by atoms with E-state index in [9.17, 15) is 0 Å². The maximum Gasteiger partial charge on any atom is 0.0132 e. The van der Waals surface area contributed by atoms with Crippen molar-refractivity contribution in [2.75, 3.05) is 0 Å². The van der Waals surface area contributed by atoms with Gasteiger partial charge in [-0.2, -0.15) is 0 Å². The van der Waals surface area contributed by atoms with Crippen LogP contribution in [0.3, 0.4) is 0 Å². The van der Waals surface area contributed by atoms with Crippen LogP contribution in [0.4, 0.5) is 0 Å². The zero-order valence-corrected chi connectivity index (χ0v) is 6.48. The van der Waals surface area contributed by atoms with Gasteiger partial charge in [0.25, 0.3) is 0 Å². The quantitative estimate of drug-likeness (QED) is 0.528. The molecule has 0 aromatic rings. The molecule has 0 heterocycles. The summed E-state index contributed by atoms with van der Waals surface area (Å²) in [6.07, 6.45) is 7.69. The molecule has 8 heavy (non-hydrogen) atoms. The Hall–Kier alpha value is -0.0400. The Kier molecular flexibility index (Phi) is 1.90. The highest BCUT2D eigenvalue weighted by Gasteiger charge is 1.98. The second-order valence-corrected chi connectivity index (χ2v) is 3.08. The molecule has 0 bridgehead atoms. The van der Waals surface area contributed by atoms with E-state index >= 15 is 0 Å². The van der Waals surface area contributed by atoms with Crippen LogP contribution in [0.5, 0.6) is 0 Å². The van der Waals surface area contributed by atoms with Crippen molar-refractivity contribution in [2.24, 2.45) is 5.92 Å². The lowest BCUT2D eigenvalue weighted by Crippen LogP contribution is -1.90. The van der Waals surface area contributed by atoms with Crippen molar-refractivity contribution in [1.82, 2.24) is 0 Å². The Bertz CT molecular complexity index is 133. The van der Waals surface area contributed by atoms with Crippen molar-refractivity contribution in [3.8, 4) is 0 Å². The zero-order valence-electron chi connectivity index (χ0n) is 4.89. The normalized spacial score (nSPS) is 27.8. The van der Waals surface area contributed by atoms with Crippen LogP contribution >= 0.6 is 15.9 Å². The molecule has 0 saturated carbocycles. The van der Waals surface area contributed by atoms with E-state index < -0.39 is 0 Å². The van der Waals surface area contributed by atoms with E-state index in [2.05, 4.69) is 41.1 Å². The lowest BCUT2D eigenvalue weighted by Gasteiger charge is -2.05. The number of hydrogen-bond donors (Lipinski definition) is 0. The van der Waals surface area contributed by atoms with Gasteiger partial charge in [-0.05, 0) is 12.3 Å². The summed E-state index contributed by atoms with van der Waals surface area (Å²) >= 11 is 3.39. The predicted molar refractivity (Wildman–Crippen MR) is 39.9 cm³/mol. The molecular weight excluding hydrogens is 164 g/mol. The molecule has 0 aliphatic heterocycles. The van der Waals surface area contributed by atoms with Crippen LogP contribution in [0.1, 0.15) is 13.3 Å². The summed E-state index contributed by atoms with van der Waals surface area (Å²) in [7, 11) is 0. The van der Waals surface area contributed by atoms with Crippen LogP contribution in [-0.4, -0.2) is 0 Å². The van der Waals surface area contributed by atoms with Gasteiger partial charge in [-0.3, -0.25) is 0 Å². The van der Waals surface area contributed by atoms with Gasteiger partial charge in [0.05, 0.1) is 0 Å². The lowest BCUT2D eigenvalue weighted by molar-refractivity contribution is 0.736. The Morgan fingerprint density at radius 1 is 1.75 bits per heavy atom. The number of rotatable bonds is 0. The standard InChI is InChI=1S/C7H9Br/c1-6-2-4-7(8)5-3-6/h2,4-6H,3H2,1H3/t6-/m0/s1. The molecule has 0 aromatic heterocycles. The fraction of sp³-hybridized carbons (Fsp3) is 0.429. The molecule has 0 radical (unpaired) electrons. The molecule has 0 spiro atoms. The smallest absolute Gasteiger partial charge is 0.0132 e. The average molecular weight is 173 g/mol. The zero-order chi connectivity index (χ0) is 5.98. The summed E-state index contributed by atoms with van der Waals surface area (Å²) in [4.78, 5) is 0. The minimum absolute atomic E-state index is 0.733. The highest BCUT2D eigenvalue weighted by Crippen LogP contribution is 2.18. The van der Waals surface area contributed by atoms with E-state index in [0.717, 1.165) is 5.92 Å². The van der Waals surface area contributed by atoms with Crippen molar-refractivity contribution in [3.05, 3.63) is 22.7 Å². The van der Waals surface area contributed by atoms with Crippen LogP contribution in [0, 0.1) is 5.92 Å². The Balaban J connectivity index is 2.58. The van der Waals surface area contributed by atoms with Crippen molar-refractivity contribution in [1.29, 1.82) is 0 Å². The maximum atomic E-state index is 3.39. The molecule has 44 valence electrons. The largest absolute Gasteiger partial charge is 0.0803 e. The Labute approximate surface area is 58.4 Å². The van der Waals surface area contributed by atoms with Crippen molar-refractivity contribution < 1.29 is 0 Å². The first-order valence-corrected chi connectivity index (χ1v) is 3.62. The molecule has 0 amide bonds. The van der Waals surface area contributed by atoms with Gasteiger partial charge in [-0.15, -0.1) is 0 Å². The summed E-state index contributed by atoms with van der Waals surface area (Å²) in [5, 5.41) is 0. The SMILES string of the molecule is C[C@H]1C=CC(Br)=CC1. The summed E-state index contributed by atoms with van der Waals surface area (Å²) in [6, 6.07) is 0. The van der Waals surface area contributed by atoms with Crippen molar-refractivity contribution in [3.63, 3.8) is 0 Å². The highest BCUT2D eigenvalue weighted by molar-refractivity contribution is 9.11. The molecule has 1 aliphatic carbocycles. The highest BCUT2D eigenvalue weighted by atomic mass is 79.9. The molecule has 0 aromatic carbocycles. The Morgan fingerprint density at radius 2 is 2.50 bits per heavy atom. The van der Waals surface area contributed by atoms with E-state index in [1.165, 1.54) is 10.9 Å². The summed E-state index contributed by atoms with van der Waals surface area (Å²) in [5.74, 6) is 0.733. The van der Waals surface area contributed by atoms with Crippen molar-refractivity contribution in [2.45, 2.75) is 13.3 Å². The second-order valence-electron chi connectivity index (χ2n) is 2.16. The molecule has 0 saturated heterocycles. The van der Waals surface area contributed by atoms with Gasteiger partial charge in [0.15, 0.2) is 0 Å². The lowest BCUT2D eigenvalue weighted by atomic mass is 10.0. The van der Waals surface area contributed by atoms with Crippen LogP contribution in [-0.2, 0) is 0 Å². The fourth-order valence-electron chi connectivity index (χ4n) is 0.701. The summed E-state index contributed by atoms with van der Waals surface area (Å²) in [5.41, 5.74) is 0. The van der Waals surface area contributed by atoms with Crippen LogP contribution in [0.2, 0.25) is 0 Å². The second kappa shape index (κ2) is 2.49. The molecule has 0 fully saturated rings. The first-order chi connectivity index (χ1) is 3.79. The molecule has 1 heteroatoms. The van der Waals surface area contributed by atoms with Crippen LogP contribution < -0.4 is 0 Å². The number of hydrogen-bond acceptors (Lipinski definition) is 0. The fourth-order valence-corrected chi connectivity index (χ4v) is 1.04. The Morgan fingerprint density at radius 3 is 2.88 bits per heavy atom. The van der Waals surface area contributed by atoms with Gasteiger partial charge in [0, 0.05) is 4.48 Å². The molecule has 0 nitrogen and oxygen atoms in total. The van der Waals surface area contributed by atoms with E-state index in [-0.39, 0.29) is 0 Å². The van der Waals surface area contributed by atoms with Gasteiger partial charge >= 0.3 is 0 Å². The third-order valence-corrected chi connectivity index (χ3v) is 1.86. The molecule has 0 unspecified atom stereocenters. The third-order valence-electron chi connectivity index (χ3n) is 1.27. The van der Waals surface area contributed by atoms with E-state index in [1.54, 1.807) is 0 Å². The monoisotopic (exact) mass is 172 g/mol. The molecule has 1 atom stereocenters. The maximum absolute atomic E-state index is 3.39. The first-order valence-electron chi connectivity index (χ1n) is 2.83. The summed E-state index contributed by atoms with van der Waals surface area (Å²) in [6.45, 7) is 2.21. The predicted octanol–water partition coefficient (Wildman–Crippen LogP) is 2.86. The van der Waals surface area contributed by atoms with E-state index in [1.807, 2.05) is 0 Å². The van der Waals surface area contributed by atoms with Gasteiger partial charge in [-0.25, -0.2) is 0 Å². The molecule has 1 rings (SSSR count). The number of allylic oxidation sites excluding steroid dienone is 4. The van der Waals surface area contributed by atoms with Gasteiger partial charge < -0.3 is 0 Å². The third kappa shape index (κ3) is 1.48. The molecule has 0 N–H and O–H groups in total. The summed E-state index contributed by atoms with van der Waals surface area (Å²) < 4.78 is 1.22. The number of halogens is 1. The average Bonchev–Trinajstić information content (AvgIpc) is 1.77. The van der Waals surface area contributed by atoms with Crippen LogP contribution in [0.15, 0.2) is 22.7 Å². The van der Waals surface area contributed by atoms with Gasteiger partial charge in [0.1, 0.15) is 0 Å². The minimum Gasteiger partial charge on any atom is -0.0803 e. The van der Waals surface area contributed by atoms with Crippen LogP contribution in [0.25, 0.3) is 0 Å². The van der Waals surface area contributed by atoms with E-state index in [0.29, 0.717) is 0 Å².